The Morgan fingerprint density at radius 3 is 2.66 bits per heavy atom. The molecule has 0 fully saturated rings. The van der Waals surface area contributed by atoms with Crippen LogP contribution in [0.5, 0.6) is 0 Å². The Bertz CT molecular complexity index is 1230. The van der Waals surface area contributed by atoms with Crippen LogP contribution in [0, 0.1) is 0 Å². The van der Waals surface area contributed by atoms with Gasteiger partial charge in [0.25, 0.3) is 11.3 Å². The second-order valence-electron chi connectivity index (χ2n) is 6.06. The summed E-state index contributed by atoms with van der Waals surface area (Å²) in [7, 11) is 0. The van der Waals surface area contributed by atoms with Crippen LogP contribution in [-0.2, 0) is 11.2 Å². The van der Waals surface area contributed by atoms with Gasteiger partial charge in [-0.15, -0.1) is 15.3 Å². The van der Waals surface area contributed by atoms with Crippen LogP contribution < -0.4 is 5.56 Å². The number of ether oxygens (including phenoxy) is 1. The van der Waals surface area contributed by atoms with E-state index in [1.54, 1.807) is 49.6 Å². The van der Waals surface area contributed by atoms with Crippen LogP contribution in [0.4, 0.5) is 0 Å². The maximum Gasteiger partial charge on any atom is 0.376 e. The average molecular weight is 411 g/mol. The van der Waals surface area contributed by atoms with E-state index in [1.807, 2.05) is 6.07 Å². The molecule has 4 rings (SSSR count). The van der Waals surface area contributed by atoms with Gasteiger partial charge in [-0.25, -0.2) is 9.20 Å². The summed E-state index contributed by atoms with van der Waals surface area (Å²) in [5, 5.41) is 13.0. The van der Waals surface area contributed by atoms with E-state index in [-0.39, 0.29) is 30.3 Å². The van der Waals surface area contributed by atoms with Crippen molar-refractivity contribution in [2.75, 3.05) is 6.61 Å². The molecule has 0 saturated carbocycles. The number of hydrogen-bond acceptors (Lipinski definition) is 7. The zero-order chi connectivity index (χ0) is 20.4. The zero-order valence-electron chi connectivity index (χ0n) is 15.3. The summed E-state index contributed by atoms with van der Waals surface area (Å²) in [6.45, 7) is 1.82. The SMILES string of the molecule is CCOC(=O)c1nn(-c2ccc(Cl)cc2)c2nnc(Cc3cccnc3)c(=O)n12. The lowest BCUT2D eigenvalue weighted by atomic mass is 10.2. The predicted octanol–water partition coefficient (Wildman–Crippen LogP) is 2.09. The third-order valence-electron chi connectivity index (χ3n) is 4.13. The van der Waals surface area contributed by atoms with Crippen molar-refractivity contribution in [1.29, 1.82) is 0 Å². The van der Waals surface area contributed by atoms with Gasteiger partial charge >= 0.3 is 5.97 Å². The van der Waals surface area contributed by atoms with Crippen LogP contribution >= 0.6 is 11.6 Å². The molecule has 0 radical (unpaired) electrons. The number of rotatable bonds is 5. The lowest BCUT2D eigenvalue weighted by Crippen LogP contribution is -2.25. The molecule has 3 aromatic heterocycles. The largest absolute Gasteiger partial charge is 0.460 e. The van der Waals surface area contributed by atoms with Gasteiger partial charge in [0.15, 0.2) is 0 Å². The Balaban J connectivity index is 1.91. The van der Waals surface area contributed by atoms with E-state index >= 15 is 0 Å². The molecule has 0 unspecified atom stereocenters. The van der Waals surface area contributed by atoms with Gasteiger partial charge in [0.2, 0.25) is 5.82 Å². The van der Waals surface area contributed by atoms with Crippen molar-refractivity contribution in [2.24, 2.45) is 0 Å². The number of esters is 1. The highest BCUT2D eigenvalue weighted by Gasteiger charge is 2.23. The molecule has 146 valence electrons. The van der Waals surface area contributed by atoms with Crippen molar-refractivity contribution in [1.82, 2.24) is 29.4 Å². The van der Waals surface area contributed by atoms with E-state index in [1.165, 1.54) is 4.68 Å². The van der Waals surface area contributed by atoms with Crippen molar-refractivity contribution in [2.45, 2.75) is 13.3 Å². The molecule has 0 saturated heterocycles. The highest BCUT2D eigenvalue weighted by Crippen LogP contribution is 2.16. The summed E-state index contributed by atoms with van der Waals surface area (Å²) < 4.78 is 7.53. The van der Waals surface area contributed by atoms with Crippen LogP contribution in [0.15, 0.2) is 53.6 Å². The molecule has 0 amide bonds. The zero-order valence-corrected chi connectivity index (χ0v) is 16.1. The third kappa shape index (κ3) is 3.59. The lowest BCUT2D eigenvalue weighted by molar-refractivity contribution is 0.0509. The fourth-order valence-corrected chi connectivity index (χ4v) is 2.94. The van der Waals surface area contributed by atoms with Crippen molar-refractivity contribution < 1.29 is 9.53 Å². The summed E-state index contributed by atoms with van der Waals surface area (Å²) in [6, 6.07) is 10.3. The maximum absolute atomic E-state index is 13.1. The minimum absolute atomic E-state index is 0.0929. The first kappa shape index (κ1) is 18.8. The minimum Gasteiger partial charge on any atom is -0.460 e. The van der Waals surface area contributed by atoms with Gasteiger partial charge in [-0.05, 0) is 42.8 Å². The monoisotopic (exact) mass is 410 g/mol. The molecule has 9 nitrogen and oxygen atoms in total. The lowest BCUT2D eigenvalue weighted by Gasteiger charge is -2.03. The molecule has 0 aliphatic carbocycles. The van der Waals surface area contributed by atoms with Gasteiger partial charge in [0.05, 0.1) is 12.3 Å². The molecule has 0 aliphatic rings. The Kier molecular flexibility index (Phi) is 5.05. The highest BCUT2D eigenvalue weighted by molar-refractivity contribution is 6.30. The smallest absolute Gasteiger partial charge is 0.376 e. The minimum atomic E-state index is -0.729. The maximum atomic E-state index is 13.1. The van der Waals surface area contributed by atoms with E-state index in [0.29, 0.717) is 10.7 Å². The van der Waals surface area contributed by atoms with Crippen LogP contribution in [0.3, 0.4) is 0 Å². The Morgan fingerprint density at radius 1 is 1.17 bits per heavy atom. The molecule has 0 aliphatic heterocycles. The van der Waals surface area contributed by atoms with Crippen LogP contribution in [0.25, 0.3) is 11.5 Å². The van der Waals surface area contributed by atoms with Crippen molar-refractivity contribution in [3.05, 3.63) is 81.3 Å². The Hall–Kier alpha value is -3.59. The quantitative estimate of drug-likeness (QED) is 0.464. The van der Waals surface area contributed by atoms with Crippen molar-refractivity contribution >= 4 is 23.3 Å². The van der Waals surface area contributed by atoms with Crippen LogP contribution in [0.2, 0.25) is 5.02 Å². The van der Waals surface area contributed by atoms with Gasteiger partial charge in [-0.3, -0.25) is 9.78 Å². The molecular weight excluding hydrogens is 396 g/mol. The van der Waals surface area contributed by atoms with Crippen molar-refractivity contribution in [3.8, 4) is 5.69 Å². The Morgan fingerprint density at radius 2 is 1.97 bits per heavy atom. The molecule has 4 aromatic rings. The molecule has 3 heterocycles. The first-order chi connectivity index (χ1) is 14.1. The second-order valence-corrected chi connectivity index (χ2v) is 6.49. The number of nitrogens with zero attached hydrogens (tertiary/aromatic N) is 6. The van der Waals surface area contributed by atoms with Gasteiger partial charge in [-0.1, -0.05) is 17.7 Å². The summed E-state index contributed by atoms with van der Waals surface area (Å²) >= 11 is 5.95. The van der Waals surface area contributed by atoms with E-state index < -0.39 is 11.5 Å². The summed E-state index contributed by atoms with van der Waals surface area (Å²) in [5.41, 5.74) is 1.02. The molecule has 0 spiro atoms. The van der Waals surface area contributed by atoms with Gasteiger partial charge < -0.3 is 4.74 Å². The fraction of sp³-hybridized carbons (Fsp3) is 0.158. The number of fused-ring (bicyclic) bond motifs is 1. The van der Waals surface area contributed by atoms with Crippen molar-refractivity contribution in [3.63, 3.8) is 0 Å². The highest BCUT2D eigenvalue weighted by atomic mass is 35.5. The normalized spacial score (nSPS) is 11.0. The van der Waals surface area contributed by atoms with E-state index in [4.69, 9.17) is 16.3 Å². The Labute approximate surface area is 169 Å². The predicted molar refractivity (Wildman–Crippen MR) is 104 cm³/mol. The van der Waals surface area contributed by atoms with Gasteiger partial charge in [-0.2, -0.15) is 4.68 Å². The molecule has 0 atom stereocenters. The van der Waals surface area contributed by atoms with Gasteiger partial charge in [0.1, 0.15) is 5.69 Å². The standard InChI is InChI=1S/C19H15ClN6O3/c1-2-29-18(28)16-24-26(14-7-5-13(20)6-8-14)19-23-22-15(17(27)25(16)19)10-12-4-3-9-21-11-12/h3-9,11H,2,10H2,1H3. The molecule has 10 heteroatoms. The fourth-order valence-electron chi connectivity index (χ4n) is 2.81. The van der Waals surface area contributed by atoms with Crippen LogP contribution in [-0.4, -0.2) is 41.9 Å². The number of hydrogen-bond donors (Lipinski definition) is 0. The molecule has 1 aromatic carbocycles. The summed E-state index contributed by atoms with van der Waals surface area (Å²) in [5.74, 6) is -0.813. The molecular formula is C19H15ClN6O3. The first-order valence-electron chi connectivity index (χ1n) is 8.77. The third-order valence-corrected chi connectivity index (χ3v) is 4.38. The number of benzene rings is 1. The molecule has 29 heavy (non-hydrogen) atoms. The van der Waals surface area contributed by atoms with Gasteiger partial charge in [0, 0.05) is 23.8 Å². The molecule has 0 bridgehead atoms. The van der Waals surface area contributed by atoms with E-state index in [9.17, 15) is 9.59 Å². The number of halogens is 1. The first-order valence-corrected chi connectivity index (χ1v) is 9.15. The van der Waals surface area contributed by atoms with E-state index in [2.05, 4.69) is 20.3 Å². The average Bonchev–Trinajstić information content (AvgIpc) is 3.12. The topological polar surface area (TPSA) is 104 Å². The molecule has 0 N–H and O–H groups in total. The number of carbonyl (C=O) groups is 1. The summed E-state index contributed by atoms with van der Waals surface area (Å²) in [6.07, 6.45) is 3.50. The van der Waals surface area contributed by atoms with Crippen LogP contribution in [0.1, 0.15) is 28.8 Å². The number of pyridine rings is 1. The summed E-state index contributed by atoms with van der Waals surface area (Å²) in [4.78, 5) is 29.6. The number of carbonyl (C=O) groups excluding carboxylic acids is 1. The second kappa shape index (κ2) is 7.80. The number of aromatic nitrogens is 6. The van der Waals surface area contributed by atoms with E-state index in [0.717, 1.165) is 9.96 Å².